The van der Waals surface area contributed by atoms with Crippen molar-refractivity contribution in [2.75, 3.05) is 19.6 Å². The zero-order valence-corrected chi connectivity index (χ0v) is 13.0. The van der Waals surface area contributed by atoms with Crippen molar-refractivity contribution < 1.29 is 4.79 Å². The van der Waals surface area contributed by atoms with Crippen molar-refractivity contribution in [1.29, 1.82) is 0 Å². The van der Waals surface area contributed by atoms with Crippen molar-refractivity contribution in [3.63, 3.8) is 0 Å². The first-order valence-electron chi connectivity index (χ1n) is 7.22. The Labute approximate surface area is 131 Å². The summed E-state index contributed by atoms with van der Waals surface area (Å²) in [5, 5.41) is 5.74. The maximum Gasteiger partial charge on any atom is 0.227 e. The summed E-state index contributed by atoms with van der Waals surface area (Å²) in [6.07, 6.45) is 0.495. The Kier molecular flexibility index (Phi) is 5.21. The van der Waals surface area contributed by atoms with Gasteiger partial charge in [0.15, 0.2) is 0 Å². The van der Waals surface area contributed by atoms with Gasteiger partial charge in [-0.15, -0.1) is 12.4 Å². The molecule has 2 aromatic rings. The van der Waals surface area contributed by atoms with Crippen LogP contribution in [0.2, 0.25) is 0 Å². The van der Waals surface area contributed by atoms with E-state index in [0.29, 0.717) is 6.42 Å². The number of carbonyl (C=O) groups excluding carboxylic acids is 1. The van der Waals surface area contributed by atoms with Gasteiger partial charge in [-0.3, -0.25) is 4.79 Å². The van der Waals surface area contributed by atoms with E-state index >= 15 is 0 Å². The highest BCUT2D eigenvalue weighted by Gasteiger charge is 2.22. The highest BCUT2D eigenvalue weighted by molar-refractivity contribution is 5.86. The first kappa shape index (κ1) is 15.8. The van der Waals surface area contributed by atoms with E-state index in [1.54, 1.807) is 0 Å². The molecule has 0 saturated carbocycles. The molecule has 1 N–H and O–H groups in total. The van der Waals surface area contributed by atoms with Crippen molar-refractivity contribution in [1.82, 2.24) is 10.2 Å². The predicted molar refractivity (Wildman–Crippen MR) is 88.9 cm³/mol. The first-order chi connectivity index (χ1) is 9.74. The summed E-state index contributed by atoms with van der Waals surface area (Å²) in [5.41, 5.74) is 1.10. The number of halogens is 1. The standard InChI is InChI=1S/C17H20N2O.ClH/c1-13-12-18-8-9-19(13)17(20)11-14-6-7-15-4-2-3-5-16(15)10-14;/h2-7,10,13,18H,8-9,11-12H2,1H3;1H. The summed E-state index contributed by atoms with van der Waals surface area (Å²) in [5.74, 6) is 0.231. The molecule has 1 heterocycles. The average Bonchev–Trinajstić information content (AvgIpc) is 2.47. The Morgan fingerprint density at radius 3 is 2.76 bits per heavy atom. The lowest BCUT2D eigenvalue weighted by Gasteiger charge is -2.34. The number of benzene rings is 2. The van der Waals surface area contributed by atoms with Crippen molar-refractivity contribution in [2.45, 2.75) is 19.4 Å². The van der Waals surface area contributed by atoms with Crippen LogP contribution in [0, 0.1) is 0 Å². The number of piperazine rings is 1. The van der Waals surface area contributed by atoms with Crippen LogP contribution in [0.15, 0.2) is 42.5 Å². The smallest absolute Gasteiger partial charge is 0.227 e. The van der Waals surface area contributed by atoms with E-state index in [-0.39, 0.29) is 24.4 Å². The summed E-state index contributed by atoms with van der Waals surface area (Å²) in [6, 6.07) is 14.8. The van der Waals surface area contributed by atoms with Crippen molar-refractivity contribution >= 4 is 29.1 Å². The van der Waals surface area contributed by atoms with Gasteiger partial charge in [-0.05, 0) is 23.3 Å². The highest BCUT2D eigenvalue weighted by atomic mass is 35.5. The van der Waals surface area contributed by atoms with Crippen LogP contribution in [0.25, 0.3) is 10.8 Å². The molecule has 1 unspecified atom stereocenters. The van der Waals surface area contributed by atoms with Crippen LogP contribution in [-0.2, 0) is 11.2 Å². The molecule has 4 heteroatoms. The number of hydrogen-bond acceptors (Lipinski definition) is 2. The molecule has 3 rings (SSSR count). The maximum absolute atomic E-state index is 12.4. The second-order valence-corrected chi connectivity index (χ2v) is 5.50. The van der Waals surface area contributed by atoms with Crippen molar-refractivity contribution in [3.8, 4) is 0 Å². The van der Waals surface area contributed by atoms with Crippen LogP contribution < -0.4 is 5.32 Å². The second-order valence-electron chi connectivity index (χ2n) is 5.50. The molecule has 21 heavy (non-hydrogen) atoms. The lowest BCUT2D eigenvalue weighted by molar-refractivity contribution is -0.133. The Morgan fingerprint density at radius 1 is 1.24 bits per heavy atom. The number of hydrogen-bond donors (Lipinski definition) is 1. The Morgan fingerprint density at radius 2 is 2.00 bits per heavy atom. The lowest BCUT2D eigenvalue weighted by atomic mass is 10.0. The Bertz CT molecular complexity index is 629. The van der Waals surface area contributed by atoms with Gasteiger partial charge in [0.25, 0.3) is 0 Å². The molecule has 0 spiro atoms. The van der Waals surface area contributed by atoms with Gasteiger partial charge in [0.1, 0.15) is 0 Å². The molecule has 0 radical (unpaired) electrons. The van der Waals surface area contributed by atoms with Gasteiger partial charge >= 0.3 is 0 Å². The molecule has 0 aliphatic carbocycles. The van der Waals surface area contributed by atoms with E-state index in [4.69, 9.17) is 0 Å². The molecule has 1 aliphatic heterocycles. The lowest BCUT2D eigenvalue weighted by Crippen LogP contribution is -2.52. The van der Waals surface area contributed by atoms with Gasteiger partial charge in [-0.1, -0.05) is 42.5 Å². The highest BCUT2D eigenvalue weighted by Crippen LogP contribution is 2.17. The minimum atomic E-state index is 0. The van der Waals surface area contributed by atoms with Crippen molar-refractivity contribution in [3.05, 3.63) is 48.0 Å². The van der Waals surface area contributed by atoms with Crippen LogP contribution in [0.4, 0.5) is 0 Å². The molecule has 0 aromatic heterocycles. The van der Waals surface area contributed by atoms with Gasteiger partial charge in [-0.25, -0.2) is 0 Å². The summed E-state index contributed by atoms with van der Waals surface area (Å²) in [6.45, 7) is 4.70. The number of fused-ring (bicyclic) bond motifs is 1. The molecule has 2 aromatic carbocycles. The van der Waals surface area contributed by atoms with Gasteiger partial charge in [0.2, 0.25) is 5.91 Å². The number of rotatable bonds is 2. The van der Waals surface area contributed by atoms with E-state index in [0.717, 1.165) is 25.2 Å². The number of amides is 1. The molecule has 1 saturated heterocycles. The zero-order chi connectivity index (χ0) is 13.9. The number of nitrogens with one attached hydrogen (secondary N) is 1. The largest absolute Gasteiger partial charge is 0.337 e. The third-order valence-corrected chi connectivity index (χ3v) is 3.99. The Hall–Kier alpha value is -1.58. The molecule has 1 fully saturated rings. The summed E-state index contributed by atoms with van der Waals surface area (Å²) >= 11 is 0. The summed E-state index contributed by atoms with van der Waals surface area (Å²) in [7, 11) is 0. The van der Waals surface area contributed by atoms with E-state index in [1.807, 2.05) is 17.0 Å². The molecule has 3 nitrogen and oxygen atoms in total. The zero-order valence-electron chi connectivity index (χ0n) is 12.2. The topological polar surface area (TPSA) is 32.3 Å². The van der Waals surface area contributed by atoms with Crippen LogP contribution in [-0.4, -0.2) is 36.5 Å². The van der Waals surface area contributed by atoms with Crippen LogP contribution >= 0.6 is 12.4 Å². The minimum Gasteiger partial charge on any atom is -0.337 e. The fraction of sp³-hybridized carbons (Fsp3) is 0.353. The molecular formula is C17H21ClN2O. The molecular weight excluding hydrogens is 284 g/mol. The van der Waals surface area contributed by atoms with Crippen molar-refractivity contribution in [2.24, 2.45) is 0 Å². The molecule has 1 aliphatic rings. The molecule has 1 amide bonds. The van der Waals surface area contributed by atoms with Crippen LogP contribution in [0.3, 0.4) is 0 Å². The van der Waals surface area contributed by atoms with Crippen LogP contribution in [0.5, 0.6) is 0 Å². The molecule has 1 atom stereocenters. The van der Waals surface area contributed by atoms with E-state index < -0.39 is 0 Å². The van der Waals surface area contributed by atoms with Crippen LogP contribution in [0.1, 0.15) is 12.5 Å². The fourth-order valence-electron chi connectivity index (χ4n) is 2.84. The fourth-order valence-corrected chi connectivity index (χ4v) is 2.84. The van der Waals surface area contributed by atoms with Gasteiger partial charge in [0.05, 0.1) is 6.42 Å². The quantitative estimate of drug-likeness (QED) is 0.925. The molecule has 0 bridgehead atoms. The number of carbonyl (C=O) groups is 1. The maximum atomic E-state index is 12.4. The third kappa shape index (κ3) is 3.55. The van der Waals surface area contributed by atoms with E-state index in [2.05, 4.69) is 42.6 Å². The minimum absolute atomic E-state index is 0. The SMILES string of the molecule is CC1CNCCN1C(=O)Cc1ccc2ccccc2c1.Cl. The monoisotopic (exact) mass is 304 g/mol. The number of nitrogens with zero attached hydrogens (tertiary/aromatic N) is 1. The second kappa shape index (κ2) is 6.92. The van der Waals surface area contributed by atoms with Gasteiger partial charge < -0.3 is 10.2 Å². The Balaban J connectivity index is 0.00000161. The third-order valence-electron chi connectivity index (χ3n) is 3.99. The summed E-state index contributed by atoms with van der Waals surface area (Å²) in [4.78, 5) is 14.4. The van der Waals surface area contributed by atoms with E-state index in [1.165, 1.54) is 10.8 Å². The first-order valence-corrected chi connectivity index (χ1v) is 7.22. The van der Waals surface area contributed by atoms with Gasteiger partial charge in [-0.2, -0.15) is 0 Å². The average molecular weight is 305 g/mol. The van der Waals surface area contributed by atoms with Gasteiger partial charge in [0, 0.05) is 25.7 Å². The van der Waals surface area contributed by atoms with E-state index in [9.17, 15) is 4.79 Å². The normalized spacial score (nSPS) is 18.3. The summed E-state index contributed by atoms with van der Waals surface area (Å²) < 4.78 is 0. The predicted octanol–water partition coefficient (Wildman–Crippen LogP) is 2.62. The molecule has 112 valence electrons.